The molecule has 0 saturated heterocycles. The van der Waals surface area contributed by atoms with Crippen LogP contribution in [0.2, 0.25) is 0 Å². The van der Waals surface area contributed by atoms with E-state index in [1.807, 2.05) is 84.0 Å². The summed E-state index contributed by atoms with van der Waals surface area (Å²) in [5, 5.41) is 5.55. The van der Waals surface area contributed by atoms with E-state index in [-0.39, 0.29) is 12.5 Å². The van der Waals surface area contributed by atoms with Gasteiger partial charge in [-0.15, -0.1) is 0 Å². The molecule has 0 spiro atoms. The van der Waals surface area contributed by atoms with Crippen LogP contribution >= 0.6 is 0 Å². The van der Waals surface area contributed by atoms with Gasteiger partial charge in [0, 0.05) is 11.2 Å². The first-order chi connectivity index (χ1) is 16.1. The maximum atomic E-state index is 13.8. The number of carbonyl (C=O) groups is 3. The van der Waals surface area contributed by atoms with Gasteiger partial charge in [0.15, 0.2) is 0 Å². The molecule has 0 aliphatic heterocycles. The lowest BCUT2D eigenvalue weighted by atomic mass is 9.92. The Labute approximate surface area is 209 Å². The van der Waals surface area contributed by atoms with Gasteiger partial charge in [-0.1, -0.05) is 42.0 Å². The van der Waals surface area contributed by atoms with Gasteiger partial charge in [0.1, 0.15) is 18.2 Å². The highest BCUT2D eigenvalue weighted by Crippen LogP contribution is 2.33. The number of benzene rings is 2. The Kier molecular flexibility index (Phi) is 8.71. The average molecular weight is 482 g/mol. The molecular formula is C28H39N3O4. The van der Waals surface area contributed by atoms with Gasteiger partial charge in [-0.25, -0.2) is 4.79 Å². The molecule has 3 amide bonds. The van der Waals surface area contributed by atoms with E-state index in [9.17, 15) is 14.4 Å². The number of amides is 3. The van der Waals surface area contributed by atoms with Crippen molar-refractivity contribution < 1.29 is 19.1 Å². The lowest BCUT2D eigenvalue weighted by Gasteiger charge is -2.42. The van der Waals surface area contributed by atoms with Gasteiger partial charge in [0.05, 0.1) is 0 Å². The summed E-state index contributed by atoms with van der Waals surface area (Å²) in [6, 6.07) is 12.5. The fourth-order valence-corrected chi connectivity index (χ4v) is 3.82. The summed E-state index contributed by atoms with van der Waals surface area (Å²) in [5.74, 6) is -0.720. The molecule has 1 unspecified atom stereocenters. The van der Waals surface area contributed by atoms with Crippen molar-refractivity contribution in [3.63, 3.8) is 0 Å². The van der Waals surface area contributed by atoms with Gasteiger partial charge in [0.2, 0.25) is 5.91 Å². The topological polar surface area (TPSA) is 87.7 Å². The zero-order valence-corrected chi connectivity index (χ0v) is 22.4. The summed E-state index contributed by atoms with van der Waals surface area (Å²) >= 11 is 0. The molecule has 1 atom stereocenters. The number of rotatable bonds is 6. The van der Waals surface area contributed by atoms with Crippen LogP contribution in [-0.2, 0) is 14.3 Å². The molecule has 0 aliphatic rings. The molecule has 0 radical (unpaired) electrons. The number of carbonyl (C=O) groups excluding carboxylic acids is 3. The third kappa shape index (κ3) is 7.84. The van der Waals surface area contributed by atoms with Crippen molar-refractivity contribution >= 4 is 23.6 Å². The van der Waals surface area contributed by atoms with Crippen molar-refractivity contribution in [2.75, 3.05) is 11.9 Å². The molecule has 2 N–H and O–H groups in total. The van der Waals surface area contributed by atoms with Crippen LogP contribution in [0.15, 0.2) is 42.5 Å². The molecule has 0 saturated carbocycles. The Hall–Kier alpha value is -3.35. The quantitative estimate of drug-likeness (QED) is 0.575. The van der Waals surface area contributed by atoms with Crippen LogP contribution in [0, 0.1) is 20.8 Å². The summed E-state index contributed by atoms with van der Waals surface area (Å²) in [5.41, 5.74) is 2.79. The maximum absolute atomic E-state index is 13.8. The standard InChI is InChI=1S/C28H39N3O4/c1-18-14-15-19(2)21(16-18)24(25(33)30-22-13-11-10-12-20(22)3)31(27(4,5)6)23(32)17-29-26(34)35-28(7,8)9/h10-16,24H,17H2,1-9H3,(H,29,34)(H,30,33). The Morgan fingerprint density at radius 3 is 2.11 bits per heavy atom. The molecule has 0 heterocycles. The fourth-order valence-electron chi connectivity index (χ4n) is 3.82. The van der Waals surface area contributed by atoms with E-state index in [1.54, 1.807) is 25.7 Å². The second-order valence-electron chi connectivity index (χ2n) is 10.9. The summed E-state index contributed by atoms with van der Waals surface area (Å²) in [4.78, 5) is 41.1. The normalized spacial score (nSPS) is 12.5. The molecule has 2 rings (SSSR count). The van der Waals surface area contributed by atoms with Crippen LogP contribution < -0.4 is 10.6 Å². The molecule has 7 heteroatoms. The Bertz CT molecular complexity index is 1080. The van der Waals surface area contributed by atoms with E-state index >= 15 is 0 Å². The van der Waals surface area contributed by atoms with Crippen LogP contribution in [0.25, 0.3) is 0 Å². The summed E-state index contributed by atoms with van der Waals surface area (Å²) in [7, 11) is 0. The highest BCUT2D eigenvalue weighted by molar-refractivity contribution is 5.99. The number of hydrogen-bond donors (Lipinski definition) is 2. The first-order valence-corrected chi connectivity index (χ1v) is 11.8. The predicted molar refractivity (Wildman–Crippen MR) is 139 cm³/mol. The van der Waals surface area contributed by atoms with Gasteiger partial charge in [-0.2, -0.15) is 0 Å². The van der Waals surface area contributed by atoms with Crippen molar-refractivity contribution in [3.8, 4) is 0 Å². The molecule has 0 bridgehead atoms. The van der Waals surface area contributed by atoms with E-state index in [4.69, 9.17) is 4.74 Å². The number of hydrogen-bond acceptors (Lipinski definition) is 4. The third-order valence-corrected chi connectivity index (χ3v) is 5.41. The smallest absolute Gasteiger partial charge is 0.408 e. The third-order valence-electron chi connectivity index (χ3n) is 5.41. The lowest BCUT2D eigenvalue weighted by Crippen LogP contribution is -2.54. The van der Waals surface area contributed by atoms with E-state index in [1.165, 1.54) is 0 Å². The zero-order chi connectivity index (χ0) is 26.6. The van der Waals surface area contributed by atoms with Gasteiger partial charge >= 0.3 is 6.09 Å². The van der Waals surface area contributed by atoms with Gasteiger partial charge < -0.3 is 20.3 Å². The van der Waals surface area contributed by atoms with Crippen LogP contribution in [-0.4, -0.2) is 40.5 Å². The highest BCUT2D eigenvalue weighted by atomic mass is 16.6. The number of ether oxygens (including phenoxy) is 1. The van der Waals surface area contributed by atoms with Crippen molar-refractivity contribution in [1.82, 2.24) is 10.2 Å². The lowest BCUT2D eigenvalue weighted by molar-refractivity contribution is -0.144. The number of alkyl carbamates (subject to hydrolysis) is 1. The molecule has 2 aromatic rings. The van der Waals surface area contributed by atoms with Gasteiger partial charge in [-0.3, -0.25) is 9.59 Å². The minimum atomic E-state index is -0.914. The van der Waals surface area contributed by atoms with Gasteiger partial charge in [0.25, 0.3) is 5.91 Å². The number of anilines is 1. The van der Waals surface area contributed by atoms with Crippen LogP contribution in [0.5, 0.6) is 0 Å². The molecule has 2 aromatic carbocycles. The number of para-hydroxylation sites is 1. The van der Waals surface area contributed by atoms with Crippen LogP contribution in [0.4, 0.5) is 10.5 Å². The molecule has 0 aromatic heterocycles. The van der Waals surface area contributed by atoms with Crippen molar-refractivity contribution in [3.05, 3.63) is 64.7 Å². The predicted octanol–water partition coefficient (Wildman–Crippen LogP) is 5.44. The monoisotopic (exact) mass is 481 g/mol. The Morgan fingerprint density at radius 2 is 1.54 bits per heavy atom. The number of nitrogens with one attached hydrogen (secondary N) is 2. The molecule has 190 valence electrons. The second-order valence-corrected chi connectivity index (χ2v) is 10.9. The fraction of sp³-hybridized carbons (Fsp3) is 0.464. The Balaban J connectivity index is 2.49. The first-order valence-electron chi connectivity index (χ1n) is 11.8. The maximum Gasteiger partial charge on any atom is 0.408 e. The number of aryl methyl sites for hydroxylation is 3. The minimum Gasteiger partial charge on any atom is -0.444 e. The molecule has 0 fully saturated rings. The van der Waals surface area contributed by atoms with Gasteiger partial charge in [-0.05, 0) is 85.1 Å². The summed E-state index contributed by atoms with van der Waals surface area (Å²) < 4.78 is 5.27. The second kappa shape index (κ2) is 10.9. The zero-order valence-electron chi connectivity index (χ0n) is 22.4. The molecule has 0 aliphatic carbocycles. The summed E-state index contributed by atoms with van der Waals surface area (Å²) in [6.07, 6.45) is -0.688. The first kappa shape index (κ1) is 27.9. The summed E-state index contributed by atoms with van der Waals surface area (Å²) in [6.45, 7) is 16.4. The van der Waals surface area contributed by atoms with Crippen molar-refractivity contribution in [1.29, 1.82) is 0 Å². The average Bonchev–Trinajstić information content (AvgIpc) is 2.71. The minimum absolute atomic E-state index is 0.300. The van der Waals surface area contributed by atoms with E-state index in [0.29, 0.717) is 5.69 Å². The van der Waals surface area contributed by atoms with Crippen LogP contribution in [0.1, 0.15) is 69.8 Å². The van der Waals surface area contributed by atoms with Crippen LogP contribution in [0.3, 0.4) is 0 Å². The largest absolute Gasteiger partial charge is 0.444 e. The Morgan fingerprint density at radius 1 is 0.914 bits per heavy atom. The van der Waals surface area contributed by atoms with E-state index < -0.39 is 29.2 Å². The van der Waals surface area contributed by atoms with Crippen molar-refractivity contribution in [2.24, 2.45) is 0 Å². The van der Waals surface area contributed by atoms with E-state index in [2.05, 4.69) is 10.6 Å². The molecule has 7 nitrogen and oxygen atoms in total. The molecular weight excluding hydrogens is 442 g/mol. The van der Waals surface area contributed by atoms with E-state index in [0.717, 1.165) is 22.3 Å². The SMILES string of the molecule is Cc1ccc(C)c(C(C(=O)Nc2ccccc2C)N(C(=O)CNC(=O)OC(C)(C)C)C(C)(C)C)c1. The molecule has 35 heavy (non-hydrogen) atoms. The highest BCUT2D eigenvalue weighted by Gasteiger charge is 2.39. The van der Waals surface area contributed by atoms with Crippen molar-refractivity contribution in [2.45, 2.75) is 79.5 Å². The number of nitrogens with zero attached hydrogens (tertiary/aromatic N) is 1.